The number of nitrogens with zero attached hydrogens (tertiary/aromatic N) is 2. The highest BCUT2D eigenvalue weighted by atomic mass is 32.2. The Labute approximate surface area is 142 Å². The van der Waals surface area contributed by atoms with Crippen LogP contribution in [-0.2, 0) is 21.2 Å². The van der Waals surface area contributed by atoms with Gasteiger partial charge in [0.25, 0.3) is 0 Å². The van der Waals surface area contributed by atoms with E-state index in [4.69, 9.17) is 9.47 Å². The molecule has 0 radical (unpaired) electrons. The van der Waals surface area contributed by atoms with Gasteiger partial charge in [0.1, 0.15) is 6.61 Å². The Kier molecular flexibility index (Phi) is 6.89. The summed E-state index contributed by atoms with van der Waals surface area (Å²) < 4.78 is 34.6. The molecule has 0 saturated heterocycles. The van der Waals surface area contributed by atoms with Gasteiger partial charge in [-0.3, -0.25) is 0 Å². The van der Waals surface area contributed by atoms with Crippen molar-refractivity contribution in [2.24, 2.45) is 0 Å². The lowest BCUT2D eigenvalue weighted by Crippen LogP contribution is -2.08. The van der Waals surface area contributed by atoms with Crippen LogP contribution in [0.25, 0.3) is 0 Å². The van der Waals surface area contributed by atoms with Crippen molar-refractivity contribution in [3.63, 3.8) is 0 Å². The fourth-order valence-electron chi connectivity index (χ4n) is 1.87. The highest BCUT2D eigenvalue weighted by Gasteiger charge is 2.15. The molecule has 0 amide bonds. The van der Waals surface area contributed by atoms with Gasteiger partial charge in [-0.1, -0.05) is 42.5 Å². The highest BCUT2D eigenvalue weighted by Crippen LogP contribution is 2.12. The predicted octanol–water partition coefficient (Wildman–Crippen LogP) is 2.42. The summed E-state index contributed by atoms with van der Waals surface area (Å²) >= 11 is 0. The van der Waals surface area contributed by atoms with E-state index < -0.39 is 9.84 Å². The maximum atomic E-state index is 12.1. The quantitative estimate of drug-likeness (QED) is 0.511. The van der Waals surface area contributed by atoms with E-state index in [-0.39, 0.29) is 16.7 Å². The number of hydrogen-bond donors (Lipinski definition) is 0. The average molecular weight is 348 g/mol. The molecule has 128 valence electrons. The van der Waals surface area contributed by atoms with Gasteiger partial charge >= 0.3 is 0 Å². The van der Waals surface area contributed by atoms with Crippen LogP contribution in [-0.4, -0.2) is 38.1 Å². The molecule has 1 aromatic carbocycles. The van der Waals surface area contributed by atoms with Gasteiger partial charge in [-0.05, 0) is 18.1 Å². The first-order valence-electron chi connectivity index (χ1n) is 7.49. The fraction of sp³-hybridized carbons (Fsp3) is 0.294. The molecule has 0 fully saturated rings. The summed E-state index contributed by atoms with van der Waals surface area (Å²) in [4.78, 5) is 0. The summed E-state index contributed by atoms with van der Waals surface area (Å²) in [5, 5.41) is 7.51. The van der Waals surface area contributed by atoms with Crippen LogP contribution < -0.4 is 4.74 Å². The van der Waals surface area contributed by atoms with Gasteiger partial charge < -0.3 is 9.47 Å². The van der Waals surface area contributed by atoms with Crippen molar-refractivity contribution in [3.8, 4) is 5.88 Å². The molecule has 1 heterocycles. The Balaban J connectivity index is 1.91. The second-order valence-corrected chi connectivity index (χ2v) is 7.00. The van der Waals surface area contributed by atoms with Crippen molar-refractivity contribution >= 4 is 9.84 Å². The minimum atomic E-state index is -3.49. The molecule has 0 aliphatic carbocycles. The molecule has 0 spiro atoms. The number of rotatable bonds is 9. The zero-order chi connectivity index (χ0) is 17.3. The standard InChI is InChI=1S/C17H20N2O4S/c1-22-12-6-3-7-13-24(20,21)17-11-10-16(18-19-17)23-14-15-8-4-2-5-9-15/h2-5,7-11H,6,12-14H2,1H3/b7-3+. The van der Waals surface area contributed by atoms with Gasteiger partial charge in [-0.25, -0.2) is 8.42 Å². The number of benzene rings is 1. The fourth-order valence-corrected chi connectivity index (χ4v) is 2.87. The molecule has 0 saturated carbocycles. The topological polar surface area (TPSA) is 78.4 Å². The highest BCUT2D eigenvalue weighted by molar-refractivity contribution is 7.91. The van der Waals surface area contributed by atoms with Crippen molar-refractivity contribution in [2.45, 2.75) is 18.1 Å². The van der Waals surface area contributed by atoms with Gasteiger partial charge in [0.15, 0.2) is 5.03 Å². The summed E-state index contributed by atoms with van der Waals surface area (Å²) in [6.07, 6.45) is 4.03. The molecule has 2 rings (SSSR count). The van der Waals surface area contributed by atoms with Crippen LogP contribution >= 0.6 is 0 Å². The molecule has 1 aromatic heterocycles. The minimum absolute atomic E-state index is 0.0639. The smallest absolute Gasteiger partial charge is 0.233 e. The zero-order valence-corrected chi connectivity index (χ0v) is 14.3. The van der Waals surface area contributed by atoms with Crippen LogP contribution in [0.1, 0.15) is 12.0 Å². The second kappa shape index (κ2) is 9.14. The van der Waals surface area contributed by atoms with E-state index in [0.29, 0.717) is 19.6 Å². The Morgan fingerprint density at radius 2 is 1.83 bits per heavy atom. The Morgan fingerprint density at radius 1 is 1.04 bits per heavy atom. The van der Waals surface area contributed by atoms with Crippen molar-refractivity contribution in [1.29, 1.82) is 0 Å². The molecule has 24 heavy (non-hydrogen) atoms. The monoisotopic (exact) mass is 348 g/mol. The molecule has 2 aromatic rings. The van der Waals surface area contributed by atoms with E-state index in [9.17, 15) is 8.42 Å². The van der Waals surface area contributed by atoms with Crippen LogP contribution in [0.4, 0.5) is 0 Å². The molecule has 0 atom stereocenters. The first-order valence-corrected chi connectivity index (χ1v) is 9.14. The minimum Gasteiger partial charge on any atom is -0.472 e. The lowest BCUT2D eigenvalue weighted by atomic mass is 10.2. The van der Waals surface area contributed by atoms with Crippen molar-refractivity contribution < 1.29 is 17.9 Å². The van der Waals surface area contributed by atoms with Crippen molar-refractivity contribution in [3.05, 3.63) is 60.2 Å². The Bertz CT molecular complexity index is 744. The normalized spacial score (nSPS) is 11.7. The molecule has 0 aliphatic rings. The lowest BCUT2D eigenvalue weighted by Gasteiger charge is -2.05. The summed E-state index contributed by atoms with van der Waals surface area (Å²) in [5.74, 6) is 0.170. The molecule has 0 unspecified atom stereocenters. The van der Waals surface area contributed by atoms with E-state index in [1.807, 2.05) is 30.3 Å². The SMILES string of the molecule is COCC/C=C/CS(=O)(=O)c1ccc(OCc2ccccc2)nn1. The zero-order valence-electron chi connectivity index (χ0n) is 13.5. The Morgan fingerprint density at radius 3 is 2.50 bits per heavy atom. The van der Waals surface area contributed by atoms with E-state index in [1.165, 1.54) is 12.1 Å². The number of hydrogen-bond acceptors (Lipinski definition) is 6. The van der Waals surface area contributed by atoms with E-state index in [2.05, 4.69) is 10.2 Å². The van der Waals surface area contributed by atoms with E-state index in [0.717, 1.165) is 5.56 Å². The third-order valence-electron chi connectivity index (χ3n) is 3.13. The van der Waals surface area contributed by atoms with Crippen LogP contribution in [0, 0.1) is 0 Å². The predicted molar refractivity (Wildman–Crippen MR) is 90.5 cm³/mol. The summed E-state index contributed by atoms with van der Waals surface area (Å²) in [5.41, 5.74) is 0.997. The largest absolute Gasteiger partial charge is 0.472 e. The molecular weight excluding hydrogens is 328 g/mol. The van der Waals surface area contributed by atoms with E-state index in [1.54, 1.807) is 19.3 Å². The third kappa shape index (κ3) is 5.75. The molecule has 6 nitrogen and oxygen atoms in total. The maximum absolute atomic E-state index is 12.1. The molecular formula is C17H20N2O4S. The summed E-state index contributed by atoms with van der Waals surface area (Å²) in [7, 11) is -1.89. The van der Waals surface area contributed by atoms with Crippen LogP contribution in [0.15, 0.2) is 59.6 Å². The number of ether oxygens (including phenoxy) is 2. The average Bonchev–Trinajstić information content (AvgIpc) is 2.61. The van der Waals surface area contributed by atoms with Crippen LogP contribution in [0.5, 0.6) is 5.88 Å². The van der Waals surface area contributed by atoms with Gasteiger partial charge in [-0.2, -0.15) is 0 Å². The van der Waals surface area contributed by atoms with Gasteiger partial charge in [-0.15, -0.1) is 10.2 Å². The number of sulfone groups is 1. The molecule has 0 bridgehead atoms. The van der Waals surface area contributed by atoms with Gasteiger partial charge in [0.05, 0.1) is 5.75 Å². The summed E-state index contributed by atoms with van der Waals surface area (Å²) in [6.45, 7) is 0.910. The lowest BCUT2D eigenvalue weighted by molar-refractivity contribution is 0.204. The number of aromatic nitrogens is 2. The van der Waals surface area contributed by atoms with Gasteiger partial charge in [0.2, 0.25) is 15.7 Å². The second-order valence-electron chi connectivity index (χ2n) is 5.02. The molecule has 0 aliphatic heterocycles. The number of methoxy groups -OCH3 is 1. The molecule has 0 N–H and O–H groups in total. The van der Waals surface area contributed by atoms with Crippen molar-refractivity contribution in [2.75, 3.05) is 19.5 Å². The first-order chi connectivity index (χ1) is 11.6. The molecule has 7 heteroatoms. The maximum Gasteiger partial charge on any atom is 0.233 e. The van der Waals surface area contributed by atoms with Crippen LogP contribution in [0.2, 0.25) is 0 Å². The van der Waals surface area contributed by atoms with Crippen molar-refractivity contribution in [1.82, 2.24) is 10.2 Å². The van der Waals surface area contributed by atoms with E-state index >= 15 is 0 Å². The van der Waals surface area contributed by atoms with Gasteiger partial charge in [0, 0.05) is 19.8 Å². The third-order valence-corrected chi connectivity index (χ3v) is 4.62. The summed E-state index contributed by atoms with van der Waals surface area (Å²) in [6, 6.07) is 12.5. The Hall–Kier alpha value is -2.25. The first kappa shape index (κ1) is 18.1. The van der Waals surface area contributed by atoms with Crippen LogP contribution in [0.3, 0.4) is 0 Å².